The highest BCUT2D eigenvalue weighted by molar-refractivity contribution is 6.30. The lowest BCUT2D eigenvalue weighted by Crippen LogP contribution is -2.23. The number of amides is 1. The molecular weight excluding hydrogens is 288 g/mol. The summed E-state index contributed by atoms with van der Waals surface area (Å²) in [5.74, 6) is 0.862. The molecule has 0 heterocycles. The Bertz CT molecular complexity index is 671. The second-order valence-corrected chi connectivity index (χ2v) is 5.06. The number of nitrogens with one attached hydrogen (secondary N) is 1. The average molecular weight is 305 g/mol. The predicted molar refractivity (Wildman–Crippen MR) is 85.1 cm³/mol. The van der Waals surface area contributed by atoms with Gasteiger partial charge >= 0.3 is 0 Å². The van der Waals surface area contributed by atoms with Crippen molar-refractivity contribution in [1.82, 2.24) is 5.32 Å². The molecule has 5 heteroatoms. The summed E-state index contributed by atoms with van der Waals surface area (Å²) in [4.78, 5) is 12.1. The molecule has 0 saturated carbocycles. The molecule has 0 atom stereocenters. The summed E-state index contributed by atoms with van der Waals surface area (Å²) in [6, 6.07) is 10.3. The molecule has 110 valence electrons. The molecule has 0 aliphatic carbocycles. The number of hydrogen-bond donors (Lipinski definition) is 2. The van der Waals surface area contributed by atoms with Gasteiger partial charge in [0.05, 0.1) is 5.56 Å². The largest absolute Gasteiger partial charge is 0.456 e. The van der Waals surface area contributed by atoms with E-state index >= 15 is 0 Å². The number of ether oxygens (including phenoxy) is 1. The van der Waals surface area contributed by atoms with Crippen molar-refractivity contribution in [2.45, 2.75) is 13.8 Å². The van der Waals surface area contributed by atoms with Crippen molar-refractivity contribution >= 4 is 23.2 Å². The van der Waals surface area contributed by atoms with E-state index in [1.807, 2.05) is 13.8 Å². The first-order valence-corrected chi connectivity index (χ1v) is 7.00. The second-order valence-electron chi connectivity index (χ2n) is 4.63. The van der Waals surface area contributed by atoms with Gasteiger partial charge in [-0.3, -0.25) is 4.79 Å². The zero-order valence-corrected chi connectivity index (χ0v) is 12.7. The average Bonchev–Trinajstić information content (AvgIpc) is 2.42. The second kappa shape index (κ2) is 6.50. The third-order valence-electron chi connectivity index (χ3n) is 2.94. The van der Waals surface area contributed by atoms with Crippen LogP contribution >= 0.6 is 11.6 Å². The van der Waals surface area contributed by atoms with Gasteiger partial charge in [-0.15, -0.1) is 0 Å². The topological polar surface area (TPSA) is 64.4 Å². The molecule has 2 rings (SSSR count). The van der Waals surface area contributed by atoms with Crippen molar-refractivity contribution in [2.75, 3.05) is 12.3 Å². The Labute approximate surface area is 128 Å². The molecule has 2 aromatic carbocycles. The van der Waals surface area contributed by atoms with Crippen molar-refractivity contribution in [2.24, 2.45) is 0 Å². The minimum atomic E-state index is -0.195. The number of carbonyl (C=O) groups is 1. The van der Waals surface area contributed by atoms with Gasteiger partial charge in [0.15, 0.2) is 0 Å². The Balaban J connectivity index is 2.38. The normalized spacial score (nSPS) is 10.2. The number of halogens is 1. The van der Waals surface area contributed by atoms with Gasteiger partial charge in [-0.2, -0.15) is 0 Å². The Hall–Kier alpha value is -2.20. The van der Waals surface area contributed by atoms with E-state index in [0.717, 1.165) is 5.56 Å². The highest BCUT2D eigenvalue weighted by atomic mass is 35.5. The fraction of sp³-hybridized carbons (Fsp3) is 0.188. The molecule has 4 nitrogen and oxygen atoms in total. The van der Waals surface area contributed by atoms with Crippen LogP contribution in [0.15, 0.2) is 36.4 Å². The van der Waals surface area contributed by atoms with Gasteiger partial charge in [0.25, 0.3) is 5.91 Å². The van der Waals surface area contributed by atoms with E-state index in [1.54, 1.807) is 36.4 Å². The molecule has 1 amide bonds. The van der Waals surface area contributed by atoms with E-state index in [4.69, 9.17) is 22.1 Å². The summed E-state index contributed by atoms with van der Waals surface area (Å²) in [6.45, 7) is 4.29. The lowest BCUT2D eigenvalue weighted by molar-refractivity contribution is 0.0953. The van der Waals surface area contributed by atoms with Crippen LogP contribution in [0.5, 0.6) is 11.5 Å². The van der Waals surface area contributed by atoms with Crippen molar-refractivity contribution in [3.63, 3.8) is 0 Å². The molecule has 0 unspecified atom stereocenters. The van der Waals surface area contributed by atoms with Crippen LogP contribution in [0.4, 0.5) is 5.69 Å². The molecule has 21 heavy (non-hydrogen) atoms. The summed E-state index contributed by atoms with van der Waals surface area (Å²) in [5, 5.41) is 3.39. The smallest absolute Gasteiger partial charge is 0.255 e. The monoisotopic (exact) mass is 304 g/mol. The maximum Gasteiger partial charge on any atom is 0.255 e. The third kappa shape index (κ3) is 3.67. The van der Waals surface area contributed by atoms with Crippen LogP contribution in [-0.2, 0) is 0 Å². The summed E-state index contributed by atoms with van der Waals surface area (Å²) >= 11 is 5.93. The van der Waals surface area contributed by atoms with E-state index < -0.39 is 0 Å². The minimum absolute atomic E-state index is 0.195. The third-order valence-corrected chi connectivity index (χ3v) is 3.18. The Kier molecular flexibility index (Phi) is 4.70. The summed E-state index contributed by atoms with van der Waals surface area (Å²) in [6.07, 6.45) is 0. The SMILES string of the molecule is CCNC(=O)c1ccc(N)cc1Oc1ccc(Cl)cc1C. The molecule has 0 saturated heterocycles. The maximum atomic E-state index is 12.1. The van der Waals surface area contributed by atoms with Gasteiger partial charge in [-0.05, 0) is 49.7 Å². The number of anilines is 1. The number of aryl methyl sites for hydroxylation is 1. The standard InChI is InChI=1S/C16H17ClN2O2/c1-3-19-16(20)13-6-5-12(18)9-15(13)21-14-7-4-11(17)8-10(14)2/h4-9H,3,18H2,1-2H3,(H,19,20). The van der Waals surface area contributed by atoms with Gasteiger partial charge in [0.1, 0.15) is 11.5 Å². The Morgan fingerprint density at radius 3 is 2.67 bits per heavy atom. The first kappa shape index (κ1) is 15.2. The van der Waals surface area contributed by atoms with Crippen LogP contribution in [0.3, 0.4) is 0 Å². The predicted octanol–water partition coefficient (Wildman–Crippen LogP) is 3.77. The number of nitrogens with two attached hydrogens (primary N) is 1. The van der Waals surface area contributed by atoms with Crippen molar-refractivity contribution in [3.05, 3.63) is 52.5 Å². The van der Waals surface area contributed by atoms with Crippen LogP contribution in [0.2, 0.25) is 5.02 Å². The lowest BCUT2D eigenvalue weighted by Gasteiger charge is -2.13. The van der Waals surface area contributed by atoms with E-state index in [2.05, 4.69) is 5.32 Å². The highest BCUT2D eigenvalue weighted by Gasteiger charge is 2.14. The lowest BCUT2D eigenvalue weighted by atomic mass is 10.1. The summed E-state index contributed by atoms with van der Waals surface area (Å²) in [5.41, 5.74) is 7.64. The van der Waals surface area contributed by atoms with Crippen molar-refractivity contribution < 1.29 is 9.53 Å². The van der Waals surface area contributed by atoms with Gasteiger partial charge in [-0.25, -0.2) is 0 Å². The minimum Gasteiger partial charge on any atom is -0.456 e. The molecule has 2 aromatic rings. The fourth-order valence-corrected chi connectivity index (χ4v) is 2.14. The maximum absolute atomic E-state index is 12.1. The van der Waals surface area contributed by atoms with E-state index in [1.165, 1.54) is 0 Å². The number of carbonyl (C=O) groups excluding carboxylic acids is 1. The molecule has 0 aliphatic rings. The van der Waals surface area contributed by atoms with Crippen molar-refractivity contribution in [3.8, 4) is 11.5 Å². The molecule has 0 aromatic heterocycles. The molecule has 0 radical (unpaired) electrons. The molecule has 0 aliphatic heterocycles. The molecule has 0 spiro atoms. The zero-order valence-electron chi connectivity index (χ0n) is 11.9. The van der Waals surface area contributed by atoms with Gasteiger partial charge in [0, 0.05) is 23.3 Å². The van der Waals surface area contributed by atoms with Crippen molar-refractivity contribution in [1.29, 1.82) is 0 Å². The molecule has 0 bridgehead atoms. The van der Waals surface area contributed by atoms with E-state index in [-0.39, 0.29) is 5.91 Å². The number of rotatable bonds is 4. The number of hydrogen-bond acceptors (Lipinski definition) is 3. The Morgan fingerprint density at radius 1 is 1.24 bits per heavy atom. The number of nitrogen functional groups attached to an aromatic ring is 1. The molecule has 3 N–H and O–H groups in total. The van der Waals surface area contributed by atoms with Gasteiger partial charge < -0.3 is 15.8 Å². The van der Waals surface area contributed by atoms with Crippen LogP contribution in [0.25, 0.3) is 0 Å². The first-order chi connectivity index (χ1) is 10.0. The van der Waals surface area contributed by atoms with Crippen LogP contribution < -0.4 is 15.8 Å². The van der Waals surface area contributed by atoms with Gasteiger partial charge in [0.2, 0.25) is 0 Å². The number of benzene rings is 2. The van der Waals surface area contributed by atoms with Gasteiger partial charge in [-0.1, -0.05) is 11.6 Å². The quantitative estimate of drug-likeness (QED) is 0.845. The van der Waals surface area contributed by atoms with Crippen LogP contribution in [0.1, 0.15) is 22.8 Å². The van der Waals surface area contributed by atoms with E-state index in [9.17, 15) is 4.79 Å². The zero-order chi connectivity index (χ0) is 15.4. The summed E-state index contributed by atoms with van der Waals surface area (Å²) < 4.78 is 5.84. The highest BCUT2D eigenvalue weighted by Crippen LogP contribution is 2.31. The summed E-state index contributed by atoms with van der Waals surface area (Å²) in [7, 11) is 0. The molecular formula is C16H17ClN2O2. The van der Waals surface area contributed by atoms with Crippen LogP contribution in [0, 0.1) is 6.92 Å². The Morgan fingerprint density at radius 2 is 2.00 bits per heavy atom. The fourth-order valence-electron chi connectivity index (χ4n) is 1.91. The molecule has 0 fully saturated rings. The first-order valence-electron chi connectivity index (χ1n) is 6.63. The van der Waals surface area contributed by atoms with E-state index in [0.29, 0.717) is 34.3 Å². The van der Waals surface area contributed by atoms with Crippen LogP contribution in [-0.4, -0.2) is 12.5 Å².